The Morgan fingerprint density at radius 1 is 1.03 bits per heavy atom. The maximum atomic E-state index is 14.6. The summed E-state index contributed by atoms with van der Waals surface area (Å²) in [5.74, 6) is -2.34. The van der Waals surface area contributed by atoms with Crippen molar-refractivity contribution in [2.24, 2.45) is 0 Å². The number of ether oxygens (including phenoxy) is 1. The van der Waals surface area contributed by atoms with Crippen LogP contribution in [0.1, 0.15) is 42.5 Å². The van der Waals surface area contributed by atoms with Gasteiger partial charge in [0.2, 0.25) is 0 Å². The molecule has 0 bridgehead atoms. The molecule has 0 aromatic heterocycles. The Balaban J connectivity index is 1.61. The average Bonchev–Trinajstić information content (AvgIpc) is 3.10. The number of fused-ring (bicyclic) bond motifs is 3. The number of carboxylic acids is 1. The third-order valence-electron chi connectivity index (χ3n) is 5.87. The SMILES string of the molecule is CC(C)N(C(=O)OCC1c2ccccc2-c2ccccc21)C(C(=O)O)c1ccc(Cl)cc1F. The van der Waals surface area contributed by atoms with E-state index in [1.54, 1.807) is 13.8 Å². The fraction of sp³-hybridized carbons (Fsp3) is 0.231. The molecule has 4 rings (SSSR count). The van der Waals surface area contributed by atoms with Crippen LogP contribution in [0.4, 0.5) is 9.18 Å². The zero-order valence-corrected chi connectivity index (χ0v) is 18.9. The number of carboxylic acid groups (broad SMARTS) is 1. The summed E-state index contributed by atoms with van der Waals surface area (Å²) in [6, 6.07) is 17.4. The van der Waals surface area contributed by atoms with Gasteiger partial charge in [0.15, 0.2) is 6.04 Å². The van der Waals surface area contributed by atoms with Gasteiger partial charge in [0.25, 0.3) is 0 Å². The summed E-state index contributed by atoms with van der Waals surface area (Å²) in [7, 11) is 0. The summed E-state index contributed by atoms with van der Waals surface area (Å²) in [4.78, 5) is 26.3. The molecular weight excluding hydrogens is 445 g/mol. The summed E-state index contributed by atoms with van der Waals surface area (Å²) >= 11 is 5.82. The van der Waals surface area contributed by atoms with E-state index in [2.05, 4.69) is 0 Å². The zero-order chi connectivity index (χ0) is 23.7. The molecule has 1 unspecified atom stereocenters. The summed E-state index contributed by atoms with van der Waals surface area (Å²) in [5.41, 5.74) is 4.10. The Kier molecular flexibility index (Phi) is 6.38. The molecule has 3 aromatic carbocycles. The molecule has 0 radical (unpaired) electrons. The molecule has 7 heteroatoms. The van der Waals surface area contributed by atoms with Gasteiger partial charge in [-0.25, -0.2) is 14.0 Å². The molecule has 0 aliphatic heterocycles. The number of benzene rings is 3. The first-order valence-electron chi connectivity index (χ1n) is 10.6. The van der Waals surface area contributed by atoms with E-state index in [9.17, 15) is 19.1 Å². The van der Waals surface area contributed by atoms with Crippen molar-refractivity contribution in [2.45, 2.75) is 31.8 Å². The predicted molar refractivity (Wildman–Crippen MR) is 124 cm³/mol. The standard InChI is InChI=1S/C26H23ClFNO4/c1-15(2)29(24(25(30)31)21-12-11-16(27)13-23(21)28)26(32)33-14-22-19-9-5-3-7-17(19)18-8-4-6-10-20(18)22/h3-13,15,22,24H,14H2,1-2H3,(H,30,31). The molecule has 1 N–H and O–H groups in total. The summed E-state index contributed by atoms with van der Waals surface area (Å²) in [5, 5.41) is 10.0. The lowest BCUT2D eigenvalue weighted by molar-refractivity contribution is -0.143. The number of amides is 1. The van der Waals surface area contributed by atoms with Crippen molar-refractivity contribution in [2.75, 3.05) is 6.61 Å². The van der Waals surface area contributed by atoms with E-state index < -0.39 is 30.0 Å². The predicted octanol–water partition coefficient (Wildman–Crippen LogP) is 6.26. The summed E-state index contributed by atoms with van der Waals surface area (Å²) in [6.07, 6.45) is -0.825. The van der Waals surface area contributed by atoms with Crippen LogP contribution in [0.5, 0.6) is 0 Å². The van der Waals surface area contributed by atoms with Gasteiger partial charge in [-0.1, -0.05) is 66.2 Å². The second-order valence-electron chi connectivity index (χ2n) is 8.21. The Bertz CT molecular complexity index is 1170. The number of carbonyl (C=O) groups is 2. The molecule has 1 atom stereocenters. The normalized spacial score (nSPS) is 13.4. The minimum Gasteiger partial charge on any atom is -0.479 e. The first-order chi connectivity index (χ1) is 15.8. The number of halogens is 2. The Morgan fingerprint density at radius 2 is 1.61 bits per heavy atom. The molecule has 0 heterocycles. The van der Waals surface area contributed by atoms with Crippen molar-refractivity contribution in [3.8, 4) is 11.1 Å². The molecule has 1 aliphatic rings. The minimum atomic E-state index is -1.56. The zero-order valence-electron chi connectivity index (χ0n) is 18.2. The van der Waals surface area contributed by atoms with Gasteiger partial charge in [0, 0.05) is 22.5 Å². The Hall–Kier alpha value is -3.38. The van der Waals surface area contributed by atoms with Gasteiger partial charge < -0.3 is 9.84 Å². The Morgan fingerprint density at radius 3 is 2.12 bits per heavy atom. The number of nitrogens with zero attached hydrogens (tertiary/aromatic N) is 1. The molecule has 170 valence electrons. The minimum absolute atomic E-state index is 0.0333. The van der Waals surface area contributed by atoms with Gasteiger partial charge in [-0.05, 0) is 48.2 Å². The van der Waals surface area contributed by atoms with Crippen molar-refractivity contribution in [3.63, 3.8) is 0 Å². The van der Waals surface area contributed by atoms with E-state index in [0.717, 1.165) is 33.2 Å². The average molecular weight is 468 g/mol. The lowest BCUT2D eigenvalue weighted by Gasteiger charge is -2.32. The van der Waals surface area contributed by atoms with Crippen LogP contribution in [0.15, 0.2) is 66.7 Å². The van der Waals surface area contributed by atoms with Crippen LogP contribution >= 0.6 is 11.6 Å². The lowest BCUT2D eigenvalue weighted by Crippen LogP contribution is -2.44. The highest BCUT2D eigenvalue weighted by molar-refractivity contribution is 6.30. The maximum absolute atomic E-state index is 14.6. The molecule has 1 amide bonds. The summed E-state index contributed by atoms with van der Waals surface area (Å²) in [6.45, 7) is 3.35. The highest BCUT2D eigenvalue weighted by atomic mass is 35.5. The van der Waals surface area contributed by atoms with Crippen molar-refractivity contribution in [3.05, 3.63) is 94.3 Å². The second kappa shape index (κ2) is 9.24. The smallest absolute Gasteiger partial charge is 0.411 e. The van der Waals surface area contributed by atoms with Gasteiger partial charge in [-0.15, -0.1) is 0 Å². The van der Waals surface area contributed by atoms with E-state index in [1.807, 2.05) is 48.5 Å². The van der Waals surface area contributed by atoms with E-state index in [4.69, 9.17) is 16.3 Å². The number of hydrogen-bond acceptors (Lipinski definition) is 3. The Labute approximate surface area is 196 Å². The van der Waals surface area contributed by atoms with Gasteiger partial charge >= 0.3 is 12.1 Å². The third-order valence-corrected chi connectivity index (χ3v) is 6.11. The number of rotatable bonds is 6. The molecule has 0 fully saturated rings. The highest BCUT2D eigenvalue weighted by Crippen LogP contribution is 2.44. The van der Waals surface area contributed by atoms with Crippen molar-refractivity contribution < 1.29 is 23.8 Å². The van der Waals surface area contributed by atoms with Crippen LogP contribution in [0.25, 0.3) is 11.1 Å². The topological polar surface area (TPSA) is 66.8 Å². The van der Waals surface area contributed by atoms with Crippen molar-refractivity contribution in [1.82, 2.24) is 4.90 Å². The van der Waals surface area contributed by atoms with E-state index >= 15 is 0 Å². The first-order valence-corrected chi connectivity index (χ1v) is 11.0. The first kappa shape index (κ1) is 22.8. The number of aliphatic carboxylic acids is 1. The highest BCUT2D eigenvalue weighted by Gasteiger charge is 2.37. The second-order valence-corrected chi connectivity index (χ2v) is 8.65. The van der Waals surface area contributed by atoms with Crippen LogP contribution in [0.3, 0.4) is 0 Å². The van der Waals surface area contributed by atoms with Crippen LogP contribution in [0, 0.1) is 5.82 Å². The van der Waals surface area contributed by atoms with Gasteiger partial charge in [0.1, 0.15) is 12.4 Å². The van der Waals surface area contributed by atoms with Crippen molar-refractivity contribution in [1.29, 1.82) is 0 Å². The van der Waals surface area contributed by atoms with E-state index in [1.165, 1.54) is 12.1 Å². The molecule has 0 saturated heterocycles. The van der Waals surface area contributed by atoms with Crippen LogP contribution in [-0.4, -0.2) is 34.7 Å². The lowest BCUT2D eigenvalue weighted by atomic mass is 9.98. The molecule has 3 aromatic rings. The molecular formula is C26H23ClFNO4. The fourth-order valence-electron chi connectivity index (χ4n) is 4.41. The number of carbonyl (C=O) groups excluding carboxylic acids is 1. The van der Waals surface area contributed by atoms with Gasteiger partial charge in [0.05, 0.1) is 0 Å². The van der Waals surface area contributed by atoms with Gasteiger partial charge in [-0.3, -0.25) is 4.90 Å². The fourth-order valence-corrected chi connectivity index (χ4v) is 4.57. The van der Waals surface area contributed by atoms with Crippen LogP contribution in [0.2, 0.25) is 5.02 Å². The molecule has 5 nitrogen and oxygen atoms in total. The molecule has 1 aliphatic carbocycles. The van der Waals surface area contributed by atoms with Crippen LogP contribution in [-0.2, 0) is 9.53 Å². The van der Waals surface area contributed by atoms with Crippen molar-refractivity contribution >= 4 is 23.7 Å². The number of hydrogen-bond donors (Lipinski definition) is 1. The largest absolute Gasteiger partial charge is 0.479 e. The van der Waals surface area contributed by atoms with E-state index in [-0.39, 0.29) is 23.1 Å². The monoisotopic (exact) mass is 467 g/mol. The van der Waals surface area contributed by atoms with E-state index in [0.29, 0.717) is 0 Å². The van der Waals surface area contributed by atoms with Crippen LogP contribution < -0.4 is 0 Å². The molecule has 0 saturated carbocycles. The summed E-state index contributed by atoms with van der Waals surface area (Å²) < 4.78 is 20.2. The molecule has 0 spiro atoms. The molecule has 33 heavy (non-hydrogen) atoms. The maximum Gasteiger partial charge on any atom is 0.411 e. The quantitative estimate of drug-likeness (QED) is 0.464. The van der Waals surface area contributed by atoms with Gasteiger partial charge in [-0.2, -0.15) is 0 Å². The third kappa shape index (κ3) is 4.31.